The topological polar surface area (TPSA) is 58.1 Å². The number of hydrogen-bond donors (Lipinski definition) is 1. The van der Waals surface area contributed by atoms with Crippen LogP contribution in [0.2, 0.25) is 0 Å². The van der Waals surface area contributed by atoms with Crippen LogP contribution in [0.15, 0.2) is 42.7 Å². The summed E-state index contributed by atoms with van der Waals surface area (Å²) in [4.78, 5) is 23.1. The number of nitrogens with one attached hydrogen (secondary N) is 1. The van der Waals surface area contributed by atoms with Gasteiger partial charge in [-0.25, -0.2) is 9.97 Å². The smallest absolute Gasteiger partial charge is 0.278 e. The number of anilines is 2. The van der Waals surface area contributed by atoms with Crippen LogP contribution in [0.4, 0.5) is 11.5 Å². The summed E-state index contributed by atoms with van der Waals surface area (Å²) in [6, 6.07) is 10.1. The van der Waals surface area contributed by atoms with Gasteiger partial charge in [0.2, 0.25) is 0 Å². The van der Waals surface area contributed by atoms with Gasteiger partial charge in [0, 0.05) is 18.3 Å². The van der Waals surface area contributed by atoms with Crippen LogP contribution >= 0.6 is 0 Å². The van der Waals surface area contributed by atoms with Crippen LogP contribution in [0.1, 0.15) is 49.5 Å². The summed E-state index contributed by atoms with van der Waals surface area (Å²) in [7, 11) is 0. The fourth-order valence-electron chi connectivity index (χ4n) is 3.16. The molecule has 1 amide bonds. The number of carbonyl (C=O) groups excluding carboxylic acids is 1. The molecule has 0 bridgehead atoms. The molecule has 1 aromatic carbocycles. The third-order valence-electron chi connectivity index (χ3n) is 4.46. The molecule has 126 valence electrons. The largest absolute Gasteiger partial charge is 0.366 e. The number of benzene rings is 1. The molecule has 24 heavy (non-hydrogen) atoms. The average molecular weight is 324 g/mol. The van der Waals surface area contributed by atoms with E-state index >= 15 is 0 Å². The molecule has 0 saturated heterocycles. The molecule has 5 nitrogen and oxygen atoms in total. The first-order valence-corrected chi connectivity index (χ1v) is 8.73. The second-order valence-corrected chi connectivity index (χ2v) is 6.15. The van der Waals surface area contributed by atoms with Gasteiger partial charge in [-0.05, 0) is 31.9 Å². The number of rotatable bonds is 5. The SMILES string of the molecule is CCN(C(=O)c1cnc(NC2CCCCC2)cn1)c1ccccc1. The number of para-hydroxylation sites is 1. The zero-order chi connectivity index (χ0) is 16.8. The van der Waals surface area contributed by atoms with Crippen molar-refractivity contribution >= 4 is 17.4 Å². The minimum absolute atomic E-state index is 0.125. The van der Waals surface area contributed by atoms with Crippen LogP contribution in [0.5, 0.6) is 0 Å². The van der Waals surface area contributed by atoms with Crippen LogP contribution in [-0.4, -0.2) is 28.5 Å². The molecule has 0 radical (unpaired) electrons. The second kappa shape index (κ2) is 7.90. The Labute approximate surface area is 143 Å². The van der Waals surface area contributed by atoms with Crippen LogP contribution in [0, 0.1) is 0 Å². The Morgan fingerprint density at radius 1 is 1.12 bits per heavy atom. The molecule has 1 aliphatic carbocycles. The van der Waals surface area contributed by atoms with Gasteiger partial charge in [-0.2, -0.15) is 0 Å². The highest BCUT2D eigenvalue weighted by Gasteiger charge is 2.18. The summed E-state index contributed by atoms with van der Waals surface area (Å²) < 4.78 is 0. The maximum absolute atomic E-state index is 12.7. The van der Waals surface area contributed by atoms with E-state index in [9.17, 15) is 4.79 Å². The molecule has 0 aliphatic heterocycles. The molecule has 1 fully saturated rings. The zero-order valence-electron chi connectivity index (χ0n) is 14.1. The predicted octanol–water partition coefficient (Wildman–Crippen LogP) is 3.89. The van der Waals surface area contributed by atoms with Crippen molar-refractivity contribution in [2.45, 2.75) is 45.1 Å². The van der Waals surface area contributed by atoms with Gasteiger partial charge < -0.3 is 10.2 Å². The van der Waals surface area contributed by atoms with E-state index in [-0.39, 0.29) is 5.91 Å². The van der Waals surface area contributed by atoms with Crippen LogP contribution in [-0.2, 0) is 0 Å². The van der Waals surface area contributed by atoms with Crippen molar-refractivity contribution < 1.29 is 4.79 Å². The molecule has 1 saturated carbocycles. The van der Waals surface area contributed by atoms with Gasteiger partial charge in [0.15, 0.2) is 0 Å². The monoisotopic (exact) mass is 324 g/mol. The summed E-state index contributed by atoms with van der Waals surface area (Å²) in [6.07, 6.45) is 9.46. The van der Waals surface area contributed by atoms with Crippen LogP contribution < -0.4 is 10.2 Å². The van der Waals surface area contributed by atoms with Gasteiger partial charge in [-0.3, -0.25) is 4.79 Å². The normalized spacial score (nSPS) is 15.0. The number of nitrogens with zero attached hydrogens (tertiary/aromatic N) is 3. The van der Waals surface area contributed by atoms with Crippen LogP contribution in [0.3, 0.4) is 0 Å². The lowest BCUT2D eigenvalue weighted by atomic mass is 9.96. The molecule has 0 spiro atoms. The van der Waals surface area contributed by atoms with Crippen molar-refractivity contribution in [1.29, 1.82) is 0 Å². The van der Waals surface area contributed by atoms with Crippen molar-refractivity contribution in [2.75, 3.05) is 16.8 Å². The number of aromatic nitrogens is 2. The molecule has 3 rings (SSSR count). The fourth-order valence-corrected chi connectivity index (χ4v) is 3.16. The average Bonchev–Trinajstić information content (AvgIpc) is 2.65. The van der Waals surface area contributed by atoms with Gasteiger partial charge in [0.05, 0.1) is 12.4 Å². The Bertz CT molecular complexity index is 651. The molecule has 1 N–H and O–H groups in total. The minimum atomic E-state index is -0.125. The molecule has 1 aliphatic rings. The van der Waals surface area contributed by atoms with Gasteiger partial charge in [-0.15, -0.1) is 0 Å². The van der Waals surface area contributed by atoms with Gasteiger partial charge in [-0.1, -0.05) is 37.5 Å². The van der Waals surface area contributed by atoms with Crippen LogP contribution in [0.25, 0.3) is 0 Å². The Hall–Kier alpha value is -2.43. The Balaban J connectivity index is 1.68. The molecule has 0 atom stereocenters. The fraction of sp³-hybridized carbons (Fsp3) is 0.421. The first kappa shape index (κ1) is 16.4. The van der Waals surface area contributed by atoms with Crippen molar-refractivity contribution in [2.24, 2.45) is 0 Å². The van der Waals surface area contributed by atoms with E-state index < -0.39 is 0 Å². The van der Waals surface area contributed by atoms with Crippen molar-refractivity contribution in [3.8, 4) is 0 Å². The second-order valence-electron chi connectivity index (χ2n) is 6.15. The van der Waals surface area contributed by atoms with Crippen molar-refractivity contribution in [1.82, 2.24) is 9.97 Å². The third kappa shape index (κ3) is 3.91. The Kier molecular flexibility index (Phi) is 5.41. The molecule has 5 heteroatoms. The molecular weight excluding hydrogens is 300 g/mol. The minimum Gasteiger partial charge on any atom is -0.366 e. The van der Waals surface area contributed by atoms with Crippen molar-refractivity contribution in [3.05, 3.63) is 48.4 Å². The highest BCUT2D eigenvalue weighted by molar-refractivity contribution is 6.04. The lowest BCUT2D eigenvalue weighted by molar-refractivity contribution is 0.0983. The quantitative estimate of drug-likeness (QED) is 0.906. The molecule has 1 aromatic heterocycles. The van der Waals surface area contributed by atoms with Gasteiger partial charge >= 0.3 is 0 Å². The molecule has 0 unspecified atom stereocenters. The van der Waals surface area contributed by atoms with Crippen molar-refractivity contribution in [3.63, 3.8) is 0 Å². The maximum Gasteiger partial charge on any atom is 0.278 e. The van der Waals surface area contributed by atoms with Gasteiger partial charge in [0.1, 0.15) is 11.5 Å². The summed E-state index contributed by atoms with van der Waals surface area (Å²) in [6.45, 7) is 2.55. The number of hydrogen-bond acceptors (Lipinski definition) is 4. The third-order valence-corrected chi connectivity index (χ3v) is 4.46. The first-order valence-electron chi connectivity index (χ1n) is 8.73. The lowest BCUT2D eigenvalue weighted by Gasteiger charge is -2.23. The number of carbonyl (C=O) groups is 1. The van der Waals surface area contributed by atoms with E-state index in [2.05, 4.69) is 15.3 Å². The summed E-state index contributed by atoms with van der Waals surface area (Å²) >= 11 is 0. The highest BCUT2D eigenvalue weighted by atomic mass is 16.2. The van der Waals surface area contributed by atoms with E-state index in [0.29, 0.717) is 18.3 Å². The molecular formula is C19H24N4O. The number of amides is 1. The standard InChI is InChI=1S/C19H24N4O/c1-2-23(16-11-7-4-8-12-16)19(24)17-13-21-18(14-20-17)22-15-9-5-3-6-10-15/h4,7-8,11-15H,2-3,5-6,9-10H2,1H3,(H,21,22). The summed E-state index contributed by atoms with van der Waals surface area (Å²) in [5.74, 6) is 0.627. The maximum atomic E-state index is 12.7. The van der Waals surface area contributed by atoms with E-state index in [1.54, 1.807) is 17.3 Å². The van der Waals surface area contributed by atoms with E-state index in [1.165, 1.54) is 32.1 Å². The summed E-state index contributed by atoms with van der Waals surface area (Å²) in [5.41, 5.74) is 1.24. The Morgan fingerprint density at radius 2 is 1.88 bits per heavy atom. The highest BCUT2D eigenvalue weighted by Crippen LogP contribution is 2.21. The molecule has 2 aromatic rings. The first-order chi connectivity index (χ1) is 11.8. The zero-order valence-corrected chi connectivity index (χ0v) is 14.1. The van der Waals surface area contributed by atoms with E-state index in [4.69, 9.17) is 0 Å². The van der Waals surface area contributed by atoms with Gasteiger partial charge in [0.25, 0.3) is 5.91 Å². The van der Waals surface area contributed by atoms with E-state index in [0.717, 1.165) is 11.5 Å². The lowest BCUT2D eigenvalue weighted by Crippen LogP contribution is -2.31. The Morgan fingerprint density at radius 3 is 2.50 bits per heavy atom. The molecule has 1 heterocycles. The van der Waals surface area contributed by atoms with E-state index in [1.807, 2.05) is 37.3 Å². The summed E-state index contributed by atoms with van der Waals surface area (Å²) in [5, 5.41) is 3.42. The predicted molar refractivity (Wildman–Crippen MR) is 96.3 cm³/mol.